The molecular formula is C16H12BrNO2S. The van der Waals surface area contributed by atoms with Crippen molar-refractivity contribution in [1.82, 2.24) is 0 Å². The van der Waals surface area contributed by atoms with Gasteiger partial charge in [0.1, 0.15) is 0 Å². The molecule has 0 heterocycles. The van der Waals surface area contributed by atoms with E-state index in [0.717, 1.165) is 10.0 Å². The fourth-order valence-corrected chi connectivity index (χ4v) is 5.03. The average Bonchev–Trinajstić information content (AvgIpc) is 3.24. The Hall–Kier alpha value is -1.64. The van der Waals surface area contributed by atoms with Crippen molar-refractivity contribution in [1.29, 1.82) is 5.26 Å². The zero-order chi connectivity index (χ0) is 15.0. The van der Waals surface area contributed by atoms with Gasteiger partial charge >= 0.3 is 0 Å². The van der Waals surface area contributed by atoms with Crippen LogP contribution in [0.5, 0.6) is 0 Å². The van der Waals surface area contributed by atoms with Crippen molar-refractivity contribution < 1.29 is 8.42 Å². The van der Waals surface area contributed by atoms with E-state index in [0.29, 0.717) is 0 Å². The first-order valence-corrected chi connectivity index (χ1v) is 8.83. The van der Waals surface area contributed by atoms with Gasteiger partial charge in [-0.3, -0.25) is 0 Å². The summed E-state index contributed by atoms with van der Waals surface area (Å²) in [5, 5.41) is 8.60. The van der Waals surface area contributed by atoms with Crippen LogP contribution in [0, 0.1) is 17.2 Å². The minimum Gasteiger partial charge on any atom is -0.223 e. The summed E-state index contributed by atoms with van der Waals surface area (Å²) in [6.07, 6.45) is 0. The molecule has 106 valence electrons. The molecule has 0 spiro atoms. The number of benzene rings is 2. The monoisotopic (exact) mass is 361 g/mol. The van der Waals surface area contributed by atoms with Crippen LogP contribution in [0.15, 0.2) is 64.0 Å². The van der Waals surface area contributed by atoms with Crippen molar-refractivity contribution in [2.45, 2.75) is 16.1 Å². The number of nitriles is 1. The molecule has 21 heavy (non-hydrogen) atoms. The Balaban J connectivity index is 1.96. The number of rotatable bonds is 3. The van der Waals surface area contributed by atoms with E-state index in [9.17, 15) is 13.7 Å². The number of halogens is 1. The van der Waals surface area contributed by atoms with Gasteiger partial charge in [-0.1, -0.05) is 46.3 Å². The van der Waals surface area contributed by atoms with Gasteiger partial charge in [0.25, 0.3) is 0 Å². The Morgan fingerprint density at radius 3 is 2.19 bits per heavy atom. The van der Waals surface area contributed by atoms with Crippen LogP contribution in [-0.2, 0) is 9.84 Å². The number of hydrogen-bond donors (Lipinski definition) is 0. The summed E-state index contributed by atoms with van der Waals surface area (Å²) in [6, 6.07) is 18.0. The molecular weight excluding hydrogens is 350 g/mol. The summed E-state index contributed by atoms with van der Waals surface area (Å²) in [6.45, 7) is 0. The van der Waals surface area contributed by atoms with Gasteiger partial charge in [-0.25, -0.2) is 8.42 Å². The minimum atomic E-state index is -3.47. The van der Waals surface area contributed by atoms with Gasteiger partial charge in [0, 0.05) is 10.4 Å². The molecule has 3 atom stereocenters. The molecule has 0 radical (unpaired) electrons. The smallest absolute Gasteiger partial charge is 0.183 e. The second-order valence-electron chi connectivity index (χ2n) is 5.05. The highest BCUT2D eigenvalue weighted by atomic mass is 79.9. The normalized spacial score (nSPS) is 24.3. The number of nitrogens with zero attached hydrogens (tertiary/aromatic N) is 1. The van der Waals surface area contributed by atoms with E-state index in [1.165, 1.54) is 0 Å². The van der Waals surface area contributed by atoms with Gasteiger partial charge in [0.2, 0.25) is 0 Å². The third-order valence-electron chi connectivity index (χ3n) is 3.79. The zero-order valence-corrected chi connectivity index (χ0v) is 13.4. The summed E-state index contributed by atoms with van der Waals surface area (Å²) in [4.78, 5) is 0.287. The molecule has 2 aromatic rings. The van der Waals surface area contributed by atoms with Crippen molar-refractivity contribution in [3.8, 4) is 6.07 Å². The average molecular weight is 362 g/mol. The van der Waals surface area contributed by atoms with Gasteiger partial charge in [0.15, 0.2) is 9.84 Å². The Bertz CT molecular complexity index is 794. The molecule has 3 nitrogen and oxygen atoms in total. The molecule has 0 N–H and O–H groups in total. The van der Waals surface area contributed by atoms with E-state index in [1.807, 2.05) is 24.3 Å². The third kappa shape index (κ3) is 2.50. The van der Waals surface area contributed by atoms with Crippen LogP contribution >= 0.6 is 15.9 Å². The van der Waals surface area contributed by atoms with Crippen molar-refractivity contribution in [2.24, 2.45) is 5.92 Å². The highest BCUT2D eigenvalue weighted by Gasteiger charge is 2.59. The Morgan fingerprint density at radius 2 is 1.62 bits per heavy atom. The third-order valence-corrected chi connectivity index (χ3v) is 6.55. The topological polar surface area (TPSA) is 57.9 Å². The first kappa shape index (κ1) is 14.3. The summed E-state index contributed by atoms with van der Waals surface area (Å²) in [5.74, 6) is -0.718. The lowest BCUT2D eigenvalue weighted by Gasteiger charge is -2.03. The molecule has 1 aliphatic carbocycles. The Labute approximate surface area is 132 Å². The van der Waals surface area contributed by atoms with Crippen molar-refractivity contribution >= 4 is 25.8 Å². The maximum atomic E-state index is 12.7. The van der Waals surface area contributed by atoms with E-state index in [1.54, 1.807) is 30.3 Å². The fourth-order valence-electron chi connectivity index (χ4n) is 2.67. The van der Waals surface area contributed by atoms with Crippen molar-refractivity contribution in [3.05, 3.63) is 64.6 Å². The van der Waals surface area contributed by atoms with Gasteiger partial charge in [-0.2, -0.15) is 5.26 Å². The van der Waals surface area contributed by atoms with E-state index in [4.69, 9.17) is 0 Å². The molecule has 0 amide bonds. The second kappa shape index (κ2) is 5.28. The molecule has 0 bridgehead atoms. The molecule has 5 heteroatoms. The molecule has 0 aromatic heterocycles. The molecule has 1 fully saturated rings. The first-order valence-electron chi connectivity index (χ1n) is 6.50. The molecule has 0 saturated heterocycles. The molecule has 2 aromatic carbocycles. The quantitative estimate of drug-likeness (QED) is 0.839. The van der Waals surface area contributed by atoms with E-state index in [2.05, 4.69) is 22.0 Å². The van der Waals surface area contributed by atoms with Crippen molar-refractivity contribution in [3.63, 3.8) is 0 Å². The Morgan fingerprint density at radius 1 is 1.00 bits per heavy atom. The molecule has 0 aliphatic heterocycles. The summed E-state index contributed by atoms with van der Waals surface area (Å²) < 4.78 is 26.2. The van der Waals surface area contributed by atoms with E-state index >= 15 is 0 Å². The van der Waals surface area contributed by atoms with Crippen LogP contribution in [0.3, 0.4) is 0 Å². The highest BCUT2D eigenvalue weighted by molar-refractivity contribution is 9.10. The largest absolute Gasteiger partial charge is 0.223 e. The second-order valence-corrected chi connectivity index (χ2v) is 8.08. The van der Waals surface area contributed by atoms with Crippen molar-refractivity contribution in [2.75, 3.05) is 0 Å². The Kier molecular flexibility index (Phi) is 3.60. The maximum Gasteiger partial charge on any atom is 0.183 e. The standard InChI is InChI=1S/C16H12BrNO2S/c17-12-8-6-11(7-9-12)15-14(10-18)16(15)21(19,20)13-4-2-1-3-5-13/h1-9,14-16H/t14-,15-,16-/m1/s1. The van der Waals surface area contributed by atoms with Crippen LogP contribution in [0.1, 0.15) is 11.5 Å². The van der Waals surface area contributed by atoms with Crippen LogP contribution in [0.25, 0.3) is 0 Å². The summed E-state index contributed by atoms with van der Waals surface area (Å²) in [5.41, 5.74) is 0.897. The lowest BCUT2D eigenvalue weighted by atomic mass is 10.1. The highest BCUT2D eigenvalue weighted by Crippen LogP contribution is 2.53. The lowest BCUT2D eigenvalue weighted by molar-refractivity contribution is 0.593. The van der Waals surface area contributed by atoms with Gasteiger partial charge < -0.3 is 0 Å². The van der Waals surface area contributed by atoms with Gasteiger partial charge in [-0.05, 0) is 29.8 Å². The maximum absolute atomic E-state index is 12.7. The summed E-state index contributed by atoms with van der Waals surface area (Å²) in [7, 11) is -3.47. The zero-order valence-electron chi connectivity index (χ0n) is 11.0. The molecule has 1 saturated carbocycles. The predicted molar refractivity (Wildman–Crippen MR) is 83.4 cm³/mol. The van der Waals surface area contributed by atoms with Crippen LogP contribution in [0.2, 0.25) is 0 Å². The van der Waals surface area contributed by atoms with E-state index < -0.39 is 21.0 Å². The van der Waals surface area contributed by atoms with Gasteiger partial charge in [-0.15, -0.1) is 0 Å². The minimum absolute atomic E-state index is 0.242. The predicted octanol–water partition coefficient (Wildman–Crippen LogP) is 3.53. The van der Waals surface area contributed by atoms with Gasteiger partial charge in [0.05, 0.1) is 22.1 Å². The first-order chi connectivity index (χ1) is 10.1. The van der Waals surface area contributed by atoms with Crippen LogP contribution < -0.4 is 0 Å². The number of sulfone groups is 1. The van der Waals surface area contributed by atoms with E-state index in [-0.39, 0.29) is 10.8 Å². The summed E-state index contributed by atoms with van der Waals surface area (Å²) >= 11 is 3.36. The van der Waals surface area contributed by atoms with Crippen LogP contribution in [0.4, 0.5) is 0 Å². The molecule has 3 rings (SSSR count). The van der Waals surface area contributed by atoms with Crippen LogP contribution in [-0.4, -0.2) is 13.7 Å². The number of hydrogen-bond acceptors (Lipinski definition) is 3. The lowest BCUT2D eigenvalue weighted by Crippen LogP contribution is -2.10. The fraction of sp³-hybridized carbons (Fsp3) is 0.188. The SMILES string of the molecule is N#C[C@@H]1[C@@H](c2ccc(Br)cc2)[C@@H]1S(=O)(=O)c1ccccc1. The molecule has 0 unspecified atom stereocenters. The molecule has 1 aliphatic rings.